The van der Waals surface area contributed by atoms with E-state index in [1.165, 1.54) is 19.8 Å². The van der Waals surface area contributed by atoms with Crippen LogP contribution in [-0.2, 0) is 4.84 Å². The maximum atomic E-state index is 13.1. The van der Waals surface area contributed by atoms with Crippen molar-refractivity contribution in [3.63, 3.8) is 0 Å². The smallest absolute Gasteiger partial charge is 0.276 e. The first-order valence-electron chi connectivity index (χ1n) is 9.11. The number of methoxy groups -OCH3 is 1. The van der Waals surface area contributed by atoms with Crippen molar-refractivity contribution >= 4 is 11.6 Å². The molecule has 1 atom stereocenters. The number of carbonyl (C=O) groups excluding carboxylic acids is 1. The number of aryl methyl sites for hydroxylation is 1. The summed E-state index contributed by atoms with van der Waals surface area (Å²) in [6.07, 6.45) is 2.16. The van der Waals surface area contributed by atoms with Gasteiger partial charge in [-0.15, -0.1) is 0 Å². The van der Waals surface area contributed by atoms with Gasteiger partial charge in [0.05, 0.1) is 32.0 Å². The minimum absolute atomic E-state index is 0.155. The van der Waals surface area contributed by atoms with Gasteiger partial charge in [-0.1, -0.05) is 23.4 Å². The fourth-order valence-electron chi connectivity index (χ4n) is 3.48. The Bertz CT molecular complexity index is 911. The van der Waals surface area contributed by atoms with E-state index in [0.717, 1.165) is 16.7 Å². The molecule has 2 heterocycles. The van der Waals surface area contributed by atoms with E-state index < -0.39 is 0 Å². The van der Waals surface area contributed by atoms with Crippen molar-refractivity contribution < 1.29 is 19.5 Å². The van der Waals surface area contributed by atoms with Crippen LogP contribution in [0.1, 0.15) is 28.0 Å². The predicted molar refractivity (Wildman–Crippen MR) is 107 cm³/mol. The summed E-state index contributed by atoms with van der Waals surface area (Å²) >= 11 is 0. The second-order valence-electron chi connectivity index (χ2n) is 6.84. The van der Waals surface area contributed by atoms with E-state index in [0.29, 0.717) is 24.4 Å². The molecule has 3 rings (SSSR count). The highest BCUT2D eigenvalue weighted by Crippen LogP contribution is 2.30. The summed E-state index contributed by atoms with van der Waals surface area (Å²) in [5, 5.41) is 13.6. The molecule has 0 aliphatic carbocycles. The minimum atomic E-state index is -0.355. The van der Waals surface area contributed by atoms with Crippen LogP contribution in [0.4, 0.5) is 0 Å². The Morgan fingerprint density at radius 2 is 2.14 bits per heavy atom. The molecule has 1 N–H and O–H groups in total. The lowest BCUT2D eigenvalue weighted by molar-refractivity contribution is 0.0670. The van der Waals surface area contributed by atoms with Crippen LogP contribution in [-0.4, -0.2) is 60.0 Å². The standard InChI is InChI=1S/C21H25N3O4/c1-13-6-5-7-18(14(13)2)15-8-19(27-3)20(22-10-15)21(26)24-11-16(23-28-4)9-17(24)12-25/h5-8,10,17,25H,9,11-12H2,1-4H3/b23-16+. The Hall–Kier alpha value is -2.93. The van der Waals surface area contributed by atoms with E-state index in [1.807, 2.05) is 18.2 Å². The van der Waals surface area contributed by atoms with Gasteiger partial charge in [-0.05, 0) is 36.6 Å². The second-order valence-corrected chi connectivity index (χ2v) is 6.84. The van der Waals surface area contributed by atoms with Crippen LogP contribution in [0.25, 0.3) is 11.1 Å². The predicted octanol–water partition coefficient (Wildman–Crippen LogP) is 2.58. The van der Waals surface area contributed by atoms with Crippen molar-refractivity contribution in [3.05, 3.63) is 47.3 Å². The molecule has 0 spiro atoms. The largest absolute Gasteiger partial charge is 0.494 e. The molecule has 7 nitrogen and oxygen atoms in total. The molecule has 7 heteroatoms. The summed E-state index contributed by atoms with van der Waals surface area (Å²) in [7, 11) is 2.98. The molecule has 1 fully saturated rings. The number of benzene rings is 1. The highest BCUT2D eigenvalue weighted by Gasteiger charge is 2.35. The topological polar surface area (TPSA) is 84.3 Å². The van der Waals surface area contributed by atoms with Gasteiger partial charge in [0, 0.05) is 18.2 Å². The fourth-order valence-corrected chi connectivity index (χ4v) is 3.48. The highest BCUT2D eigenvalue weighted by atomic mass is 16.6. The number of rotatable bonds is 5. The van der Waals surface area contributed by atoms with E-state index in [4.69, 9.17) is 9.57 Å². The third-order valence-corrected chi connectivity index (χ3v) is 5.15. The minimum Gasteiger partial charge on any atom is -0.494 e. The van der Waals surface area contributed by atoms with Crippen molar-refractivity contribution in [3.8, 4) is 16.9 Å². The molecule has 0 bridgehead atoms. The Morgan fingerprint density at radius 3 is 2.82 bits per heavy atom. The zero-order valence-corrected chi connectivity index (χ0v) is 16.6. The summed E-state index contributed by atoms with van der Waals surface area (Å²) in [5.41, 5.74) is 5.20. The van der Waals surface area contributed by atoms with E-state index in [9.17, 15) is 9.90 Å². The van der Waals surface area contributed by atoms with Crippen LogP contribution in [0.3, 0.4) is 0 Å². The normalized spacial score (nSPS) is 17.8. The van der Waals surface area contributed by atoms with Crippen molar-refractivity contribution in [2.45, 2.75) is 26.3 Å². The number of amides is 1. The maximum Gasteiger partial charge on any atom is 0.276 e. The zero-order chi connectivity index (χ0) is 20.3. The Balaban J connectivity index is 1.95. The van der Waals surface area contributed by atoms with Crippen LogP contribution in [0.2, 0.25) is 0 Å². The molecule has 1 aliphatic rings. The summed E-state index contributed by atoms with van der Waals surface area (Å²) < 4.78 is 5.47. The molecule has 2 aromatic rings. The Morgan fingerprint density at radius 1 is 1.36 bits per heavy atom. The molecule has 28 heavy (non-hydrogen) atoms. The molecule has 1 amide bonds. The summed E-state index contributed by atoms with van der Waals surface area (Å²) in [4.78, 5) is 23.9. The van der Waals surface area contributed by atoms with Crippen molar-refractivity contribution in [1.82, 2.24) is 9.88 Å². The summed E-state index contributed by atoms with van der Waals surface area (Å²) in [5.74, 6) is 0.0990. The average molecular weight is 383 g/mol. The number of hydrogen-bond donors (Lipinski definition) is 1. The van der Waals surface area contributed by atoms with Crippen molar-refractivity contribution in [2.75, 3.05) is 27.4 Å². The van der Waals surface area contributed by atoms with Gasteiger partial charge in [-0.25, -0.2) is 4.98 Å². The number of hydrogen-bond acceptors (Lipinski definition) is 6. The molecule has 1 aromatic carbocycles. The van der Waals surface area contributed by atoms with E-state index in [1.54, 1.807) is 11.1 Å². The molecule has 1 aromatic heterocycles. The Kier molecular flexibility index (Phi) is 5.94. The zero-order valence-electron chi connectivity index (χ0n) is 16.6. The number of oxime groups is 1. The second kappa shape index (κ2) is 8.39. The van der Waals surface area contributed by atoms with E-state index in [2.05, 4.69) is 30.1 Å². The van der Waals surface area contributed by atoms with E-state index >= 15 is 0 Å². The van der Waals surface area contributed by atoms with Crippen LogP contribution in [0, 0.1) is 13.8 Å². The van der Waals surface area contributed by atoms with Gasteiger partial charge < -0.3 is 19.6 Å². The van der Waals surface area contributed by atoms with Crippen molar-refractivity contribution in [1.29, 1.82) is 0 Å². The molecule has 1 saturated heterocycles. The number of nitrogens with zero attached hydrogens (tertiary/aromatic N) is 3. The lowest BCUT2D eigenvalue weighted by atomic mass is 9.98. The third kappa shape index (κ3) is 3.71. The molecule has 1 unspecified atom stereocenters. The van der Waals surface area contributed by atoms with Gasteiger partial charge in [0.25, 0.3) is 5.91 Å². The van der Waals surface area contributed by atoms with Gasteiger partial charge in [0.2, 0.25) is 0 Å². The van der Waals surface area contributed by atoms with Crippen LogP contribution < -0.4 is 4.74 Å². The SMILES string of the molecule is CO/N=C1\CC(CO)N(C(=O)c2ncc(-c3cccc(C)c3C)cc2OC)C1. The lowest BCUT2D eigenvalue weighted by Gasteiger charge is -2.22. The van der Waals surface area contributed by atoms with Gasteiger partial charge >= 0.3 is 0 Å². The first kappa shape index (κ1) is 19.8. The number of likely N-dealkylation sites (tertiary alicyclic amines) is 1. The van der Waals surface area contributed by atoms with Crippen LogP contribution in [0.5, 0.6) is 5.75 Å². The van der Waals surface area contributed by atoms with Crippen LogP contribution in [0.15, 0.2) is 35.6 Å². The van der Waals surface area contributed by atoms with Crippen molar-refractivity contribution in [2.24, 2.45) is 5.16 Å². The summed E-state index contributed by atoms with van der Waals surface area (Å²) in [6.45, 7) is 4.25. The third-order valence-electron chi connectivity index (χ3n) is 5.15. The number of ether oxygens (including phenoxy) is 1. The van der Waals surface area contributed by atoms with Gasteiger partial charge in [0.15, 0.2) is 11.4 Å². The number of pyridine rings is 1. The molecule has 148 valence electrons. The fraction of sp³-hybridized carbons (Fsp3) is 0.381. The number of aromatic nitrogens is 1. The van der Waals surface area contributed by atoms with E-state index in [-0.39, 0.29) is 24.2 Å². The van der Waals surface area contributed by atoms with Gasteiger partial charge in [-0.3, -0.25) is 4.79 Å². The molecular formula is C21H25N3O4. The molecule has 0 saturated carbocycles. The number of aliphatic hydroxyl groups is 1. The lowest BCUT2D eigenvalue weighted by Crippen LogP contribution is -2.38. The van der Waals surface area contributed by atoms with Gasteiger partial charge in [0.1, 0.15) is 7.11 Å². The molecule has 0 radical (unpaired) electrons. The first-order chi connectivity index (χ1) is 13.5. The number of carbonyl (C=O) groups is 1. The maximum absolute atomic E-state index is 13.1. The Labute approximate surface area is 164 Å². The van der Waals surface area contributed by atoms with Crippen LogP contribution >= 0.6 is 0 Å². The summed E-state index contributed by atoms with van der Waals surface area (Å²) in [6, 6.07) is 7.55. The highest BCUT2D eigenvalue weighted by molar-refractivity contribution is 6.01. The quantitative estimate of drug-likeness (QED) is 0.803. The van der Waals surface area contributed by atoms with Gasteiger partial charge in [-0.2, -0.15) is 0 Å². The monoisotopic (exact) mass is 383 g/mol. The first-order valence-corrected chi connectivity index (χ1v) is 9.11. The molecular weight excluding hydrogens is 358 g/mol. The number of aliphatic hydroxyl groups excluding tert-OH is 1. The molecule has 1 aliphatic heterocycles. The average Bonchev–Trinajstić information content (AvgIpc) is 3.12.